The van der Waals surface area contributed by atoms with E-state index in [1.165, 1.54) is 32.1 Å². The Bertz CT molecular complexity index is 593. The van der Waals surface area contributed by atoms with Crippen LogP contribution in [0.1, 0.15) is 67.0 Å². The average molecular weight is 287 g/mol. The SMILES string of the molecule is Cc1cc(C(N)Cc2ccn(C3CCCCC3)n2)c(C)o1. The Morgan fingerprint density at radius 2 is 2.10 bits per heavy atom. The molecule has 114 valence electrons. The molecule has 21 heavy (non-hydrogen) atoms. The molecular formula is C17H25N3O. The van der Waals surface area contributed by atoms with Gasteiger partial charge in [0.2, 0.25) is 0 Å². The normalized spacial score (nSPS) is 18.0. The van der Waals surface area contributed by atoms with Crippen molar-refractivity contribution in [2.24, 2.45) is 5.73 Å². The summed E-state index contributed by atoms with van der Waals surface area (Å²) < 4.78 is 7.72. The first-order chi connectivity index (χ1) is 10.1. The van der Waals surface area contributed by atoms with Gasteiger partial charge in [-0.05, 0) is 38.8 Å². The number of furan rings is 1. The molecule has 2 aromatic heterocycles. The Morgan fingerprint density at radius 3 is 2.76 bits per heavy atom. The van der Waals surface area contributed by atoms with Crippen molar-refractivity contribution in [3.8, 4) is 0 Å². The Morgan fingerprint density at radius 1 is 1.33 bits per heavy atom. The van der Waals surface area contributed by atoms with E-state index in [0.717, 1.165) is 29.2 Å². The summed E-state index contributed by atoms with van der Waals surface area (Å²) in [5.41, 5.74) is 8.49. The number of aryl methyl sites for hydroxylation is 2. The zero-order chi connectivity index (χ0) is 14.8. The minimum atomic E-state index is -0.0443. The predicted octanol–water partition coefficient (Wildman–Crippen LogP) is 3.84. The van der Waals surface area contributed by atoms with Crippen LogP contribution >= 0.6 is 0 Å². The molecular weight excluding hydrogens is 262 g/mol. The number of hydrogen-bond donors (Lipinski definition) is 1. The zero-order valence-corrected chi connectivity index (χ0v) is 13.0. The van der Waals surface area contributed by atoms with Crippen molar-refractivity contribution in [1.29, 1.82) is 0 Å². The van der Waals surface area contributed by atoms with Crippen LogP contribution in [0.2, 0.25) is 0 Å². The van der Waals surface area contributed by atoms with Crippen molar-refractivity contribution in [2.45, 2.75) is 64.5 Å². The molecule has 3 rings (SSSR count). The molecule has 0 amide bonds. The number of rotatable bonds is 4. The summed E-state index contributed by atoms with van der Waals surface area (Å²) in [6.45, 7) is 3.93. The van der Waals surface area contributed by atoms with Crippen LogP contribution in [-0.4, -0.2) is 9.78 Å². The molecule has 4 heteroatoms. The van der Waals surface area contributed by atoms with E-state index in [1.54, 1.807) is 0 Å². The molecule has 2 heterocycles. The zero-order valence-electron chi connectivity index (χ0n) is 13.0. The Labute approximate surface area is 126 Å². The summed E-state index contributed by atoms with van der Waals surface area (Å²) in [5, 5.41) is 4.74. The number of hydrogen-bond acceptors (Lipinski definition) is 3. The highest BCUT2D eigenvalue weighted by molar-refractivity contribution is 5.25. The summed E-state index contributed by atoms with van der Waals surface area (Å²) >= 11 is 0. The lowest BCUT2D eigenvalue weighted by atomic mass is 9.96. The van der Waals surface area contributed by atoms with Gasteiger partial charge in [-0.3, -0.25) is 4.68 Å². The van der Waals surface area contributed by atoms with Gasteiger partial charge in [0.15, 0.2) is 0 Å². The summed E-state index contributed by atoms with van der Waals surface area (Å²) in [6.07, 6.45) is 9.42. The van der Waals surface area contributed by atoms with E-state index >= 15 is 0 Å². The fraction of sp³-hybridized carbons (Fsp3) is 0.588. The number of nitrogens with zero attached hydrogens (tertiary/aromatic N) is 2. The number of aromatic nitrogens is 2. The van der Waals surface area contributed by atoms with Crippen molar-refractivity contribution in [3.63, 3.8) is 0 Å². The van der Waals surface area contributed by atoms with Gasteiger partial charge < -0.3 is 10.2 Å². The topological polar surface area (TPSA) is 57.0 Å². The van der Waals surface area contributed by atoms with Gasteiger partial charge in [-0.25, -0.2) is 0 Å². The third kappa shape index (κ3) is 3.21. The van der Waals surface area contributed by atoms with E-state index < -0.39 is 0 Å². The van der Waals surface area contributed by atoms with Gasteiger partial charge in [0.1, 0.15) is 11.5 Å². The number of nitrogens with two attached hydrogens (primary N) is 1. The molecule has 1 saturated carbocycles. The first-order valence-corrected chi connectivity index (χ1v) is 8.00. The lowest BCUT2D eigenvalue weighted by molar-refractivity contribution is 0.328. The first-order valence-electron chi connectivity index (χ1n) is 8.00. The van der Waals surface area contributed by atoms with Crippen molar-refractivity contribution in [2.75, 3.05) is 0 Å². The highest BCUT2D eigenvalue weighted by Crippen LogP contribution is 2.28. The molecule has 0 saturated heterocycles. The van der Waals surface area contributed by atoms with Crippen molar-refractivity contribution in [3.05, 3.63) is 41.1 Å². The molecule has 1 unspecified atom stereocenters. The van der Waals surface area contributed by atoms with E-state index in [4.69, 9.17) is 15.2 Å². The van der Waals surface area contributed by atoms with Crippen LogP contribution in [0.4, 0.5) is 0 Å². The minimum Gasteiger partial charge on any atom is -0.466 e. The quantitative estimate of drug-likeness (QED) is 0.929. The molecule has 1 atom stereocenters. The third-order valence-corrected chi connectivity index (χ3v) is 4.52. The highest BCUT2D eigenvalue weighted by Gasteiger charge is 2.18. The standard InChI is InChI=1S/C17H25N3O/c1-12-10-16(13(2)21-12)17(18)11-14-8-9-20(19-14)15-6-4-3-5-7-15/h8-10,15,17H,3-7,11,18H2,1-2H3. The Hall–Kier alpha value is -1.55. The molecule has 0 radical (unpaired) electrons. The van der Waals surface area contributed by atoms with Crippen LogP contribution in [0.5, 0.6) is 0 Å². The summed E-state index contributed by atoms with van der Waals surface area (Å²) in [7, 11) is 0. The molecule has 2 N–H and O–H groups in total. The minimum absolute atomic E-state index is 0.0443. The summed E-state index contributed by atoms with van der Waals surface area (Å²) in [5.74, 6) is 1.84. The van der Waals surface area contributed by atoms with Crippen LogP contribution in [0.3, 0.4) is 0 Å². The smallest absolute Gasteiger partial charge is 0.105 e. The van der Waals surface area contributed by atoms with Gasteiger partial charge in [0.25, 0.3) is 0 Å². The molecule has 2 aromatic rings. The molecule has 1 aliphatic carbocycles. The van der Waals surface area contributed by atoms with E-state index in [9.17, 15) is 0 Å². The molecule has 0 spiro atoms. The second-order valence-corrected chi connectivity index (χ2v) is 6.26. The van der Waals surface area contributed by atoms with Gasteiger partial charge in [-0.15, -0.1) is 0 Å². The van der Waals surface area contributed by atoms with Crippen LogP contribution in [0, 0.1) is 13.8 Å². The second kappa shape index (κ2) is 6.06. The molecule has 1 fully saturated rings. The van der Waals surface area contributed by atoms with Crippen LogP contribution < -0.4 is 5.73 Å². The van der Waals surface area contributed by atoms with Crippen LogP contribution in [-0.2, 0) is 6.42 Å². The first kappa shape index (κ1) is 14.4. The lowest BCUT2D eigenvalue weighted by Crippen LogP contribution is -2.16. The predicted molar refractivity (Wildman–Crippen MR) is 83.2 cm³/mol. The van der Waals surface area contributed by atoms with Gasteiger partial charge in [-0.1, -0.05) is 19.3 Å². The van der Waals surface area contributed by atoms with Gasteiger partial charge in [-0.2, -0.15) is 5.10 Å². The monoisotopic (exact) mass is 287 g/mol. The Kier molecular flexibility index (Phi) is 4.15. The summed E-state index contributed by atoms with van der Waals surface area (Å²) in [4.78, 5) is 0. The van der Waals surface area contributed by atoms with Crippen LogP contribution in [0.25, 0.3) is 0 Å². The third-order valence-electron chi connectivity index (χ3n) is 4.52. The van der Waals surface area contributed by atoms with E-state index in [1.807, 2.05) is 19.9 Å². The van der Waals surface area contributed by atoms with E-state index in [-0.39, 0.29) is 6.04 Å². The average Bonchev–Trinajstić information content (AvgIpc) is 3.06. The largest absolute Gasteiger partial charge is 0.466 e. The molecule has 0 aromatic carbocycles. The fourth-order valence-electron chi connectivity index (χ4n) is 3.39. The van der Waals surface area contributed by atoms with Gasteiger partial charge in [0.05, 0.1) is 11.7 Å². The highest BCUT2D eigenvalue weighted by atomic mass is 16.3. The molecule has 1 aliphatic rings. The van der Waals surface area contributed by atoms with Crippen molar-refractivity contribution >= 4 is 0 Å². The summed E-state index contributed by atoms with van der Waals surface area (Å²) in [6, 6.07) is 4.69. The maximum Gasteiger partial charge on any atom is 0.105 e. The Balaban J connectivity index is 1.67. The maximum absolute atomic E-state index is 6.32. The maximum atomic E-state index is 6.32. The van der Waals surface area contributed by atoms with Crippen molar-refractivity contribution in [1.82, 2.24) is 9.78 Å². The molecule has 0 aliphatic heterocycles. The van der Waals surface area contributed by atoms with Crippen molar-refractivity contribution < 1.29 is 4.42 Å². The van der Waals surface area contributed by atoms with Gasteiger partial charge in [0, 0.05) is 24.2 Å². The van der Waals surface area contributed by atoms with E-state index in [0.29, 0.717) is 6.04 Å². The van der Waals surface area contributed by atoms with Gasteiger partial charge >= 0.3 is 0 Å². The van der Waals surface area contributed by atoms with E-state index in [2.05, 4.69) is 16.9 Å². The van der Waals surface area contributed by atoms with Crippen LogP contribution in [0.15, 0.2) is 22.7 Å². The molecule has 0 bridgehead atoms. The lowest BCUT2D eigenvalue weighted by Gasteiger charge is -2.21. The molecule has 4 nitrogen and oxygen atoms in total. The second-order valence-electron chi connectivity index (χ2n) is 6.26. The fourth-order valence-corrected chi connectivity index (χ4v) is 3.39.